The van der Waals surface area contributed by atoms with Gasteiger partial charge in [0.15, 0.2) is 0 Å². The topological polar surface area (TPSA) is 3.24 Å². The fraction of sp³-hybridized carbons (Fsp3) is 0.565. The van der Waals surface area contributed by atoms with Crippen LogP contribution in [0.25, 0.3) is 5.57 Å². The van der Waals surface area contributed by atoms with E-state index in [0.29, 0.717) is 0 Å². The smallest absolute Gasteiger partial charge is 0.000445 e. The summed E-state index contributed by atoms with van der Waals surface area (Å²) in [5, 5.41) is 0. The average Bonchev–Trinajstić information content (AvgIpc) is 3.03. The number of rotatable bonds is 3. The molecule has 24 heavy (non-hydrogen) atoms. The normalized spacial score (nSPS) is 17.2. The highest BCUT2D eigenvalue weighted by Crippen LogP contribution is 2.17. The molecule has 0 aromatic heterocycles. The van der Waals surface area contributed by atoms with E-state index in [1.54, 1.807) is 0 Å². The summed E-state index contributed by atoms with van der Waals surface area (Å²) in [6, 6.07) is 10.5. The molecule has 0 saturated carbocycles. The molecule has 1 heteroatoms. The molecular formula is C23H41N. The summed E-state index contributed by atoms with van der Waals surface area (Å²) >= 11 is 0. The van der Waals surface area contributed by atoms with Crippen LogP contribution in [0.3, 0.4) is 0 Å². The van der Waals surface area contributed by atoms with Gasteiger partial charge in [0.2, 0.25) is 0 Å². The van der Waals surface area contributed by atoms with Crippen molar-refractivity contribution in [3.8, 4) is 0 Å². The van der Waals surface area contributed by atoms with Crippen molar-refractivity contribution in [3.05, 3.63) is 54.1 Å². The number of allylic oxidation sites excluding steroid dienone is 4. The third-order valence-electron chi connectivity index (χ3n) is 3.64. The first kappa shape index (κ1) is 24.9. The van der Waals surface area contributed by atoms with Gasteiger partial charge in [-0.3, -0.25) is 0 Å². The van der Waals surface area contributed by atoms with Crippen LogP contribution in [0.15, 0.2) is 48.6 Å². The molecule has 2 rings (SSSR count). The molecular weight excluding hydrogens is 290 g/mol. The monoisotopic (exact) mass is 331 g/mol. The van der Waals surface area contributed by atoms with Gasteiger partial charge in [0.1, 0.15) is 0 Å². The predicted molar refractivity (Wildman–Crippen MR) is 113 cm³/mol. The Kier molecular flexibility index (Phi) is 18.7. The van der Waals surface area contributed by atoms with Gasteiger partial charge in [-0.05, 0) is 50.4 Å². The lowest BCUT2D eigenvalue weighted by molar-refractivity contribution is 0.402. The minimum atomic E-state index is 0.949. The van der Waals surface area contributed by atoms with Crippen LogP contribution < -0.4 is 0 Å². The summed E-state index contributed by atoms with van der Waals surface area (Å²) in [4.78, 5) is 2.38. The summed E-state index contributed by atoms with van der Waals surface area (Å²) < 4.78 is 0. The summed E-state index contributed by atoms with van der Waals surface area (Å²) in [6.45, 7) is 17.1. The zero-order valence-electron chi connectivity index (χ0n) is 17.5. The van der Waals surface area contributed by atoms with Crippen LogP contribution in [-0.4, -0.2) is 25.0 Å². The van der Waals surface area contributed by atoms with Gasteiger partial charge in [-0.15, -0.1) is 0 Å². The number of benzene rings is 1. The summed E-state index contributed by atoms with van der Waals surface area (Å²) in [7, 11) is 2.18. The third kappa shape index (κ3) is 12.1. The molecule has 1 heterocycles. The highest BCUT2D eigenvalue weighted by Gasteiger charge is 2.13. The molecule has 1 unspecified atom stereocenters. The van der Waals surface area contributed by atoms with Crippen LogP contribution in [0.5, 0.6) is 0 Å². The van der Waals surface area contributed by atoms with Crippen LogP contribution >= 0.6 is 0 Å². The third-order valence-corrected chi connectivity index (χ3v) is 3.64. The Morgan fingerprint density at radius 3 is 2.04 bits per heavy atom. The minimum absolute atomic E-state index is 0.949. The van der Waals surface area contributed by atoms with Crippen molar-refractivity contribution >= 4 is 5.57 Å². The molecule has 0 radical (unpaired) electrons. The predicted octanol–water partition coefficient (Wildman–Crippen LogP) is 7.07. The molecule has 0 aliphatic carbocycles. The first-order valence-corrected chi connectivity index (χ1v) is 9.73. The summed E-state index contributed by atoms with van der Waals surface area (Å²) in [6.07, 6.45) is 8.80. The molecule has 1 aromatic carbocycles. The molecule has 0 spiro atoms. The van der Waals surface area contributed by atoms with Crippen molar-refractivity contribution < 1.29 is 0 Å². The lowest BCUT2D eigenvalue weighted by Gasteiger charge is -2.03. The average molecular weight is 332 g/mol. The maximum Gasteiger partial charge on any atom is 0.000445 e. The van der Waals surface area contributed by atoms with Crippen LogP contribution in [0.4, 0.5) is 0 Å². The van der Waals surface area contributed by atoms with Gasteiger partial charge in [-0.25, -0.2) is 0 Å². The van der Waals surface area contributed by atoms with Crippen molar-refractivity contribution in [2.24, 2.45) is 5.92 Å². The lowest BCUT2D eigenvalue weighted by Crippen LogP contribution is -2.12. The van der Waals surface area contributed by atoms with Crippen molar-refractivity contribution in [3.63, 3.8) is 0 Å². The standard InChI is InChI=1S/C13H16.C6H13N.2C2H6/c1-3-5-9-12(4-2)13-10-7-6-8-11-13;1-6-3-4-7(2)5-6;2*1-2/h3,5-11H,4H2,1-2H3;6H,3-5H2,1-2H3;2*1-2H3/b5-3-,12-9+;;;. The molecule has 1 saturated heterocycles. The zero-order chi connectivity index (χ0) is 18.8. The van der Waals surface area contributed by atoms with E-state index in [2.05, 4.69) is 68.3 Å². The van der Waals surface area contributed by atoms with Gasteiger partial charge in [0.05, 0.1) is 0 Å². The fourth-order valence-electron chi connectivity index (χ4n) is 2.44. The molecule has 1 aliphatic rings. The highest BCUT2D eigenvalue weighted by atomic mass is 15.1. The highest BCUT2D eigenvalue weighted by molar-refractivity contribution is 5.66. The van der Waals surface area contributed by atoms with Crippen molar-refractivity contribution in [1.29, 1.82) is 0 Å². The first-order chi connectivity index (χ1) is 11.7. The van der Waals surface area contributed by atoms with Crippen molar-refractivity contribution in [2.75, 3.05) is 20.1 Å². The Morgan fingerprint density at radius 2 is 1.71 bits per heavy atom. The molecule has 1 fully saturated rings. The Morgan fingerprint density at radius 1 is 1.12 bits per heavy atom. The first-order valence-electron chi connectivity index (χ1n) is 9.73. The van der Waals surface area contributed by atoms with E-state index in [9.17, 15) is 0 Å². The number of hydrogen-bond acceptors (Lipinski definition) is 1. The Hall–Kier alpha value is -1.34. The molecule has 1 aliphatic heterocycles. The van der Waals surface area contributed by atoms with Crippen LogP contribution in [0, 0.1) is 5.92 Å². The SMILES string of the molecule is C/C=C\C=C(/CC)c1ccccc1.CC.CC.CC1CCN(C)C1. The van der Waals surface area contributed by atoms with E-state index in [0.717, 1.165) is 12.3 Å². The summed E-state index contributed by atoms with van der Waals surface area (Å²) in [5.74, 6) is 0.949. The molecule has 1 nitrogen and oxygen atoms in total. The lowest BCUT2D eigenvalue weighted by atomic mass is 10.0. The van der Waals surface area contributed by atoms with Gasteiger partial charge < -0.3 is 4.90 Å². The number of nitrogens with zero attached hydrogens (tertiary/aromatic N) is 1. The largest absolute Gasteiger partial charge is 0.306 e. The molecule has 0 amide bonds. The molecule has 0 N–H and O–H groups in total. The molecule has 138 valence electrons. The van der Waals surface area contributed by atoms with Crippen LogP contribution in [-0.2, 0) is 0 Å². The maximum absolute atomic E-state index is 2.38. The van der Waals surface area contributed by atoms with Crippen molar-refractivity contribution in [1.82, 2.24) is 4.90 Å². The van der Waals surface area contributed by atoms with E-state index in [1.165, 1.54) is 30.6 Å². The van der Waals surface area contributed by atoms with Gasteiger partial charge in [0.25, 0.3) is 0 Å². The number of likely N-dealkylation sites (tertiary alicyclic amines) is 1. The Balaban J connectivity index is 0. The van der Waals surface area contributed by atoms with E-state index in [4.69, 9.17) is 0 Å². The Labute approximate surface area is 152 Å². The van der Waals surface area contributed by atoms with Gasteiger partial charge >= 0.3 is 0 Å². The second-order valence-electron chi connectivity index (χ2n) is 5.59. The van der Waals surface area contributed by atoms with Gasteiger partial charge in [-0.1, -0.05) is 90.1 Å². The summed E-state index contributed by atoms with van der Waals surface area (Å²) in [5.41, 5.74) is 2.71. The number of hydrogen-bond donors (Lipinski definition) is 0. The van der Waals surface area contributed by atoms with Crippen molar-refractivity contribution in [2.45, 2.75) is 61.3 Å². The maximum atomic E-state index is 2.38. The second kappa shape index (κ2) is 18.0. The van der Waals surface area contributed by atoms with E-state index in [-0.39, 0.29) is 0 Å². The zero-order valence-corrected chi connectivity index (χ0v) is 17.5. The minimum Gasteiger partial charge on any atom is -0.306 e. The van der Waals surface area contributed by atoms with E-state index in [1.807, 2.05) is 40.7 Å². The Bertz CT molecular complexity index is 409. The van der Waals surface area contributed by atoms with E-state index >= 15 is 0 Å². The fourth-order valence-corrected chi connectivity index (χ4v) is 2.44. The molecule has 1 atom stereocenters. The van der Waals surface area contributed by atoms with E-state index < -0.39 is 0 Å². The van der Waals surface area contributed by atoms with Crippen LogP contribution in [0.2, 0.25) is 0 Å². The molecule has 0 bridgehead atoms. The quantitative estimate of drug-likeness (QED) is 0.535. The molecule has 1 aromatic rings. The van der Waals surface area contributed by atoms with Gasteiger partial charge in [-0.2, -0.15) is 0 Å². The van der Waals surface area contributed by atoms with Gasteiger partial charge in [0, 0.05) is 6.54 Å². The second-order valence-corrected chi connectivity index (χ2v) is 5.59. The van der Waals surface area contributed by atoms with Crippen LogP contribution in [0.1, 0.15) is 66.9 Å².